The molecule has 0 aromatic rings. The summed E-state index contributed by atoms with van der Waals surface area (Å²) >= 11 is 0. The average molecular weight is 199 g/mol. The molecule has 0 rings (SSSR count). The SMILES string of the molecule is CCCC[C@@H](C)OC(=O)C(=N)C(C)=O. The van der Waals surface area contributed by atoms with Crippen LogP contribution >= 0.6 is 0 Å². The Morgan fingerprint density at radius 1 is 1.43 bits per heavy atom. The predicted molar refractivity (Wildman–Crippen MR) is 53.5 cm³/mol. The van der Waals surface area contributed by atoms with Crippen molar-refractivity contribution in [3.63, 3.8) is 0 Å². The van der Waals surface area contributed by atoms with E-state index in [0.29, 0.717) is 0 Å². The number of Topliss-reactive ketones (excluding diaryl/α,β-unsaturated/α-hetero) is 1. The summed E-state index contributed by atoms with van der Waals surface area (Å²) in [6, 6.07) is 0. The number of carbonyl (C=O) groups excluding carboxylic acids is 2. The zero-order valence-electron chi connectivity index (χ0n) is 8.92. The molecule has 0 heterocycles. The first-order valence-electron chi connectivity index (χ1n) is 4.79. The van der Waals surface area contributed by atoms with Gasteiger partial charge in [-0.1, -0.05) is 19.8 Å². The van der Waals surface area contributed by atoms with Gasteiger partial charge in [-0.3, -0.25) is 10.2 Å². The summed E-state index contributed by atoms with van der Waals surface area (Å²) in [6.45, 7) is 4.99. The molecule has 0 amide bonds. The number of ketones is 1. The maximum Gasteiger partial charge on any atom is 0.360 e. The van der Waals surface area contributed by atoms with Gasteiger partial charge in [-0.25, -0.2) is 4.79 Å². The Balaban J connectivity index is 3.93. The van der Waals surface area contributed by atoms with Crippen molar-refractivity contribution in [3.8, 4) is 0 Å². The van der Waals surface area contributed by atoms with Gasteiger partial charge >= 0.3 is 5.97 Å². The lowest BCUT2D eigenvalue weighted by Crippen LogP contribution is -2.26. The molecule has 4 heteroatoms. The third kappa shape index (κ3) is 4.74. The molecule has 0 aliphatic rings. The number of hydrogen-bond acceptors (Lipinski definition) is 4. The number of ether oxygens (including phenoxy) is 1. The van der Waals surface area contributed by atoms with Crippen LogP contribution in [0.2, 0.25) is 0 Å². The Kier molecular flexibility index (Phi) is 5.76. The molecule has 0 spiro atoms. The van der Waals surface area contributed by atoms with Crippen molar-refractivity contribution >= 4 is 17.5 Å². The fourth-order valence-electron chi connectivity index (χ4n) is 0.936. The van der Waals surface area contributed by atoms with E-state index in [9.17, 15) is 9.59 Å². The fourth-order valence-corrected chi connectivity index (χ4v) is 0.936. The maximum absolute atomic E-state index is 11.1. The number of esters is 1. The highest BCUT2D eigenvalue weighted by Gasteiger charge is 2.17. The maximum atomic E-state index is 11.1. The van der Waals surface area contributed by atoms with Gasteiger partial charge < -0.3 is 4.74 Å². The first-order chi connectivity index (χ1) is 6.49. The Morgan fingerprint density at radius 2 is 2.00 bits per heavy atom. The van der Waals surface area contributed by atoms with Crippen LogP contribution < -0.4 is 0 Å². The van der Waals surface area contributed by atoms with Crippen LogP contribution in [0.1, 0.15) is 40.0 Å². The molecule has 0 saturated heterocycles. The van der Waals surface area contributed by atoms with Gasteiger partial charge in [0.1, 0.15) is 0 Å². The molecule has 0 radical (unpaired) electrons. The Morgan fingerprint density at radius 3 is 2.43 bits per heavy atom. The molecule has 4 nitrogen and oxygen atoms in total. The Labute approximate surface area is 84.1 Å². The third-order valence-corrected chi connectivity index (χ3v) is 1.83. The minimum atomic E-state index is -0.818. The van der Waals surface area contributed by atoms with E-state index in [1.807, 2.05) is 6.92 Å². The standard InChI is InChI=1S/C10H17NO3/c1-4-5-6-7(2)14-10(13)9(11)8(3)12/h7,11H,4-6H2,1-3H3/t7-/m1/s1. The summed E-state index contributed by atoms with van der Waals surface area (Å²) in [5.74, 6) is -1.38. The van der Waals surface area contributed by atoms with Crippen molar-refractivity contribution in [1.29, 1.82) is 5.41 Å². The largest absolute Gasteiger partial charge is 0.458 e. The van der Waals surface area contributed by atoms with Crippen LogP contribution in [0.15, 0.2) is 0 Å². The first-order valence-corrected chi connectivity index (χ1v) is 4.79. The van der Waals surface area contributed by atoms with Crippen LogP contribution in [0.3, 0.4) is 0 Å². The quantitative estimate of drug-likeness (QED) is 0.402. The summed E-state index contributed by atoms with van der Waals surface area (Å²) in [5.41, 5.74) is -0.576. The van der Waals surface area contributed by atoms with Crippen LogP contribution in [-0.2, 0) is 14.3 Å². The Bertz CT molecular complexity index is 236. The van der Waals surface area contributed by atoms with Crippen LogP contribution in [-0.4, -0.2) is 23.6 Å². The van der Waals surface area contributed by atoms with E-state index in [-0.39, 0.29) is 6.10 Å². The van der Waals surface area contributed by atoms with E-state index in [0.717, 1.165) is 19.3 Å². The smallest absolute Gasteiger partial charge is 0.360 e. The van der Waals surface area contributed by atoms with Gasteiger partial charge in [0.25, 0.3) is 0 Å². The lowest BCUT2D eigenvalue weighted by Gasteiger charge is -2.11. The molecule has 1 N–H and O–H groups in total. The van der Waals surface area contributed by atoms with Crippen molar-refractivity contribution < 1.29 is 14.3 Å². The van der Waals surface area contributed by atoms with Crippen LogP contribution in [0, 0.1) is 5.41 Å². The van der Waals surface area contributed by atoms with Gasteiger partial charge in [-0.2, -0.15) is 0 Å². The number of nitrogens with one attached hydrogen (secondary N) is 1. The van der Waals surface area contributed by atoms with Crippen LogP contribution in [0.25, 0.3) is 0 Å². The molecule has 14 heavy (non-hydrogen) atoms. The molecule has 0 fully saturated rings. The van der Waals surface area contributed by atoms with E-state index in [1.165, 1.54) is 6.92 Å². The van der Waals surface area contributed by atoms with E-state index < -0.39 is 17.5 Å². The molecule has 0 saturated carbocycles. The van der Waals surface area contributed by atoms with E-state index in [2.05, 4.69) is 0 Å². The lowest BCUT2D eigenvalue weighted by molar-refractivity contribution is -0.140. The van der Waals surface area contributed by atoms with Crippen LogP contribution in [0.5, 0.6) is 0 Å². The van der Waals surface area contributed by atoms with E-state index >= 15 is 0 Å². The van der Waals surface area contributed by atoms with Gasteiger partial charge in [-0.05, 0) is 13.3 Å². The topological polar surface area (TPSA) is 67.2 Å². The average Bonchev–Trinajstić information content (AvgIpc) is 2.13. The Hall–Kier alpha value is -1.19. The second-order valence-corrected chi connectivity index (χ2v) is 3.29. The highest BCUT2D eigenvalue weighted by Crippen LogP contribution is 2.04. The zero-order chi connectivity index (χ0) is 11.1. The van der Waals surface area contributed by atoms with Crippen LogP contribution in [0.4, 0.5) is 0 Å². The second kappa shape index (κ2) is 6.29. The molecule has 0 aliphatic carbocycles. The summed E-state index contributed by atoms with van der Waals surface area (Å²) in [6.07, 6.45) is 2.56. The number of carbonyl (C=O) groups is 2. The van der Waals surface area contributed by atoms with Gasteiger partial charge in [0.05, 0.1) is 6.10 Å². The fraction of sp³-hybridized carbons (Fsp3) is 0.700. The predicted octanol–water partition coefficient (Wildman–Crippen LogP) is 1.72. The summed E-state index contributed by atoms with van der Waals surface area (Å²) in [4.78, 5) is 21.7. The summed E-state index contributed by atoms with van der Waals surface area (Å²) < 4.78 is 4.89. The summed E-state index contributed by atoms with van der Waals surface area (Å²) in [7, 11) is 0. The molecule has 0 aromatic heterocycles. The zero-order valence-corrected chi connectivity index (χ0v) is 8.92. The minimum Gasteiger partial charge on any atom is -0.458 e. The number of hydrogen-bond donors (Lipinski definition) is 1. The lowest BCUT2D eigenvalue weighted by atomic mass is 10.2. The molecule has 0 unspecified atom stereocenters. The van der Waals surface area contributed by atoms with Crippen molar-refractivity contribution in [1.82, 2.24) is 0 Å². The molecule has 80 valence electrons. The monoisotopic (exact) mass is 199 g/mol. The summed E-state index contributed by atoms with van der Waals surface area (Å²) in [5, 5.41) is 7.10. The van der Waals surface area contributed by atoms with Crippen molar-refractivity contribution in [2.75, 3.05) is 0 Å². The van der Waals surface area contributed by atoms with E-state index in [4.69, 9.17) is 10.1 Å². The first kappa shape index (κ1) is 12.8. The highest BCUT2D eigenvalue weighted by molar-refractivity contribution is 6.62. The van der Waals surface area contributed by atoms with Crippen molar-refractivity contribution in [3.05, 3.63) is 0 Å². The molecule has 1 atom stereocenters. The molecule has 0 aromatic carbocycles. The molecule has 0 bridgehead atoms. The molecule has 0 aliphatic heterocycles. The number of unbranched alkanes of at least 4 members (excludes halogenated alkanes) is 1. The van der Waals surface area contributed by atoms with Gasteiger partial charge in [0.2, 0.25) is 0 Å². The number of rotatable bonds is 6. The van der Waals surface area contributed by atoms with Crippen molar-refractivity contribution in [2.24, 2.45) is 0 Å². The highest BCUT2D eigenvalue weighted by atomic mass is 16.5. The molecular weight excluding hydrogens is 182 g/mol. The normalized spacial score (nSPS) is 11.9. The van der Waals surface area contributed by atoms with Gasteiger partial charge in [-0.15, -0.1) is 0 Å². The van der Waals surface area contributed by atoms with Crippen molar-refractivity contribution in [2.45, 2.75) is 46.1 Å². The van der Waals surface area contributed by atoms with Gasteiger partial charge in [0, 0.05) is 6.92 Å². The van der Waals surface area contributed by atoms with Gasteiger partial charge in [0.15, 0.2) is 11.5 Å². The van der Waals surface area contributed by atoms with E-state index in [1.54, 1.807) is 6.92 Å². The minimum absolute atomic E-state index is 0.220. The second-order valence-electron chi connectivity index (χ2n) is 3.29. The molecular formula is C10H17NO3. The third-order valence-electron chi connectivity index (χ3n) is 1.83.